The first-order chi connectivity index (χ1) is 8.60. The monoisotopic (exact) mass is 236 g/mol. The van der Waals surface area contributed by atoms with Crippen molar-refractivity contribution in [2.24, 2.45) is 0 Å². The molecule has 0 saturated heterocycles. The second-order valence-corrected chi connectivity index (χ2v) is 5.12. The first-order valence-electron chi connectivity index (χ1n) is 6.44. The largest absolute Gasteiger partial charge is 0.0985 e. The van der Waals surface area contributed by atoms with E-state index >= 15 is 0 Å². The Morgan fingerprint density at radius 2 is 1.78 bits per heavy atom. The highest BCUT2D eigenvalue weighted by Crippen LogP contribution is 2.26. The van der Waals surface area contributed by atoms with Crippen LogP contribution in [0.3, 0.4) is 0 Å². The third kappa shape index (κ3) is 2.70. The minimum atomic E-state index is 0.564. The normalized spacial score (nSPS) is 10.7. The molecule has 0 amide bonds. The predicted molar refractivity (Wildman–Crippen MR) is 80.8 cm³/mol. The molecule has 0 spiro atoms. The van der Waals surface area contributed by atoms with Crippen molar-refractivity contribution in [3.8, 4) is 11.1 Å². The van der Waals surface area contributed by atoms with Gasteiger partial charge in [0.2, 0.25) is 0 Å². The van der Waals surface area contributed by atoms with Crippen LogP contribution in [0.15, 0.2) is 49.0 Å². The second kappa shape index (κ2) is 5.22. The molecule has 18 heavy (non-hydrogen) atoms. The van der Waals surface area contributed by atoms with E-state index in [0.717, 1.165) is 0 Å². The molecule has 92 valence electrons. The van der Waals surface area contributed by atoms with E-state index in [1.54, 1.807) is 0 Å². The van der Waals surface area contributed by atoms with E-state index in [2.05, 4.69) is 69.8 Å². The summed E-state index contributed by atoms with van der Waals surface area (Å²) in [5, 5.41) is 0. The summed E-state index contributed by atoms with van der Waals surface area (Å²) in [5.41, 5.74) is 6.40. The minimum absolute atomic E-state index is 0.564. The Bertz CT molecular complexity index is 562. The van der Waals surface area contributed by atoms with Gasteiger partial charge in [-0.05, 0) is 46.7 Å². The van der Waals surface area contributed by atoms with Crippen molar-refractivity contribution in [3.05, 3.63) is 65.7 Å². The zero-order valence-electron chi connectivity index (χ0n) is 11.4. The molecule has 0 nitrogen and oxygen atoms in total. The molecule has 0 aromatic heterocycles. The molecule has 0 aliphatic heterocycles. The molecule has 0 bridgehead atoms. The van der Waals surface area contributed by atoms with Crippen LogP contribution in [-0.2, 0) is 0 Å². The smallest absolute Gasteiger partial charge is 0.0175 e. The number of aryl methyl sites for hydroxylation is 1. The Kier molecular flexibility index (Phi) is 3.66. The van der Waals surface area contributed by atoms with Gasteiger partial charge in [0.1, 0.15) is 0 Å². The van der Waals surface area contributed by atoms with Crippen molar-refractivity contribution in [2.45, 2.75) is 26.7 Å². The van der Waals surface area contributed by atoms with Gasteiger partial charge < -0.3 is 0 Å². The lowest BCUT2D eigenvalue weighted by atomic mass is 9.95. The lowest BCUT2D eigenvalue weighted by Gasteiger charge is -2.10. The van der Waals surface area contributed by atoms with Crippen molar-refractivity contribution in [1.29, 1.82) is 0 Å². The highest BCUT2D eigenvalue weighted by molar-refractivity contribution is 5.69. The quantitative estimate of drug-likeness (QED) is 0.666. The fourth-order valence-corrected chi connectivity index (χ4v) is 2.17. The van der Waals surface area contributed by atoms with Crippen LogP contribution in [0.25, 0.3) is 17.2 Å². The molecule has 2 aromatic carbocycles. The Morgan fingerprint density at radius 1 is 1.00 bits per heavy atom. The van der Waals surface area contributed by atoms with Gasteiger partial charge in [0.05, 0.1) is 0 Å². The maximum absolute atomic E-state index is 3.85. The van der Waals surface area contributed by atoms with Gasteiger partial charge in [0.15, 0.2) is 0 Å². The molecular weight excluding hydrogens is 216 g/mol. The van der Waals surface area contributed by atoms with E-state index in [1.807, 2.05) is 6.08 Å². The fraction of sp³-hybridized carbons (Fsp3) is 0.222. The zero-order valence-corrected chi connectivity index (χ0v) is 11.4. The fourth-order valence-electron chi connectivity index (χ4n) is 2.17. The van der Waals surface area contributed by atoms with Gasteiger partial charge in [-0.25, -0.2) is 0 Å². The summed E-state index contributed by atoms with van der Waals surface area (Å²) in [4.78, 5) is 0. The highest BCUT2D eigenvalue weighted by atomic mass is 14.1. The molecular formula is C18H20. The molecule has 0 radical (unpaired) electrons. The molecule has 0 aliphatic rings. The highest BCUT2D eigenvalue weighted by Gasteiger charge is 2.03. The van der Waals surface area contributed by atoms with Gasteiger partial charge in [0, 0.05) is 0 Å². The van der Waals surface area contributed by atoms with Gasteiger partial charge in [0.25, 0.3) is 0 Å². The summed E-state index contributed by atoms with van der Waals surface area (Å²) in [6.45, 7) is 10.4. The molecule has 0 unspecified atom stereocenters. The third-order valence-electron chi connectivity index (χ3n) is 3.22. The van der Waals surface area contributed by atoms with Crippen LogP contribution in [0.4, 0.5) is 0 Å². The van der Waals surface area contributed by atoms with E-state index in [9.17, 15) is 0 Å². The third-order valence-corrected chi connectivity index (χ3v) is 3.22. The lowest BCUT2D eigenvalue weighted by molar-refractivity contribution is 0.867. The topological polar surface area (TPSA) is 0 Å². The first-order valence-corrected chi connectivity index (χ1v) is 6.44. The van der Waals surface area contributed by atoms with Crippen LogP contribution in [-0.4, -0.2) is 0 Å². The average molecular weight is 236 g/mol. The second-order valence-electron chi connectivity index (χ2n) is 5.12. The number of hydrogen-bond donors (Lipinski definition) is 0. The Hall–Kier alpha value is -1.82. The first kappa shape index (κ1) is 12.6. The van der Waals surface area contributed by atoms with Crippen LogP contribution in [0.5, 0.6) is 0 Å². The maximum Gasteiger partial charge on any atom is -0.0175 e. The predicted octanol–water partition coefficient (Wildman–Crippen LogP) is 5.43. The maximum atomic E-state index is 3.85. The summed E-state index contributed by atoms with van der Waals surface area (Å²) < 4.78 is 0. The van der Waals surface area contributed by atoms with E-state index in [1.165, 1.54) is 27.8 Å². The van der Waals surface area contributed by atoms with Crippen molar-refractivity contribution in [3.63, 3.8) is 0 Å². The molecule has 0 atom stereocenters. The van der Waals surface area contributed by atoms with Gasteiger partial charge in [-0.3, -0.25) is 0 Å². The van der Waals surface area contributed by atoms with Crippen LogP contribution >= 0.6 is 0 Å². The number of hydrogen-bond acceptors (Lipinski definition) is 0. The molecule has 0 fully saturated rings. The minimum Gasteiger partial charge on any atom is -0.0985 e. The van der Waals surface area contributed by atoms with Gasteiger partial charge in [-0.1, -0.05) is 62.9 Å². The molecule has 0 aliphatic carbocycles. The van der Waals surface area contributed by atoms with Crippen LogP contribution in [0.1, 0.15) is 36.5 Å². The molecule has 0 saturated carbocycles. The van der Waals surface area contributed by atoms with Gasteiger partial charge >= 0.3 is 0 Å². The van der Waals surface area contributed by atoms with Crippen molar-refractivity contribution in [1.82, 2.24) is 0 Å². The molecule has 2 aromatic rings. The number of rotatable bonds is 3. The van der Waals surface area contributed by atoms with Crippen LogP contribution in [0.2, 0.25) is 0 Å². The van der Waals surface area contributed by atoms with Crippen LogP contribution < -0.4 is 0 Å². The van der Waals surface area contributed by atoms with Crippen molar-refractivity contribution in [2.75, 3.05) is 0 Å². The molecule has 2 rings (SSSR count). The Morgan fingerprint density at radius 3 is 2.44 bits per heavy atom. The van der Waals surface area contributed by atoms with Crippen molar-refractivity contribution >= 4 is 6.08 Å². The van der Waals surface area contributed by atoms with E-state index < -0.39 is 0 Å². The van der Waals surface area contributed by atoms with Crippen LogP contribution in [0, 0.1) is 6.92 Å². The summed E-state index contributed by atoms with van der Waals surface area (Å²) in [6, 6.07) is 15.4. The standard InChI is InChI=1S/C18H20/c1-5-15-9-14(4)10-18(11-15)17-8-6-7-16(12-17)13(2)3/h5-13H,1H2,2-4H3. The Balaban J connectivity index is 2.51. The zero-order chi connectivity index (χ0) is 13.1. The van der Waals surface area contributed by atoms with E-state index in [0.29, 0.717) is 5.92 Å². The Labute approximate surface area is 110 Å². The summed E-state index contributed by atoms with van der Waals surface area (Å²) >= 11 is 0. The molecule has 0 heteroatoms. The number of benzene rings is 2. The summed E-state index contributed by atoms with van der Waals surface area (Å²) in [7, 11) is 0. The molecule has 0 heterocycles. The summed E-state index contributed by atoms with van der Waals surface area (Å²) in [5.74, 6) is 0.564. The van der Waals surface area contributed by atoms with Gasteiger partial charge in [-0.2, -0.15) is 0 Å². The summed E-state index contributed by atoms with van der Waals surface area (Å²) in [6.07, 6.45) is 1.91. The molecule has 0 N–H and O–H groups in total. The van der Waals surface area contributed by atoms with E-state index in [4.69, 9.17) is 0 Å². The lowest BCUT2D eigenvalue weighted by Crippen LogP contribution is -1.88. The van der Waals surface area contributed by atoms with Gasteiger partial charge in [-0.15, -0.1) is 0 Å². The van der Waals surface area contributed by atoms with E-state index in [-0.39, 0.29) is 0 Å². The SMILES string of the molecule is C=Cc1cc(C)cc(-c2cccc(C(C)C)c2)c1. The average Bonchev–Trinajstić information content (AvgIpc) is 2.38. The van der Waals surface area contributed by atoms with Crippen molar-refractivity contribution < 1.29 is 0 Å².